The number of ether oxygens (including phenoxy) is 1. The summed E-state index contributed by atoms with van der Waals surface area (Å²) >= 11 is 1.42. The molecule has 0 unspecified atom stereocenters. The average Bonchev–Trinajstić information content (AvgIpc) is 2.78. The summed E-state index contributed by atoms with van der Waals surface area (Å²) in [4.78, 5) is 19.2. The van der Waals surface area contributed by atoms with Crippen LogP contribution in [0.3, 0.4) is 0 Å². The highest BCUT2D eigenvalue weighted by molar-refractivity contribution is 7.13. The average molecular weight is 250 g/mol. The van der Waals surface area contributed by atoms with Crippen LogP contribution in [0.5, 0.6) is 0 Å². The number of carbonyl (C=O) groups is 1. The van der Waals surface area contributed by atoms with Crippen LogP contribution >= 0.6 is 11.3 Å². The fraction of sp³-hybridized carbons (Fsp3) is 0.182. The van der Waals surface area contributed by atoms with Gasteiger partial charge in [-0.15, -0.1) is 11.3 Å². The maximum Gasteiger partial charge on any atom is 0.335 e. The summed E-state index contributed by atoms with van der Waals surface area (Å²) in [6.07, 6.45) is 1.47. The number of methoxy groups -OCH3 is 1. The van der Waals surface area contributed by atoms with Gasteiger partial charge < -0.3 is 9.84 Å². The van der Waals surface area contributed by atoms with Gasteiger partial charge in [0.25, 0.3) is 0 Å². The van der Waals surface area contributed by atoms with Crippen LogP contribution in [0.15, 0.2) is 23.7 Å². The smallest absolute Gasteiger partial charge is 0.335 e. The lowest BCUT2D eigenvalue weighted by atomic mass is 10.2. The molecule has 0 radical (unpaired) electrons. The summed E-state index contributed by atoms with van der Waals surface area (Å²) in [6.45, 7) is 0.440. The second kappa shape index (κ2) is 5.03. The van der Waals surface area contributed by atoms with Crippen molar-refractivity contribution in [3.05, 3.63) is 35.0 Å². The molecule has 5 nitrogen and oxygen atoms in total. The van der Waals surface area contributed by atoms with Gasteiger partial charge in [-0.2, -0.15) is 0 Å². The summed E-state index contributed by atoms with van der Waals surface area (Å²) in [7, 11) is 1.60. The largest absolute Gasteiger partial charge is 0.478 e. The van der Waals surface area contributed by atoms with Crippen molar-refractivity contribution in [1.82, 2.24) is 9.97 Å². The van der Waals surface area contributed by atoms with Gasteiger partial charge in [0, 0.05) is 18.7 Å². The summed E-state index contributed by atoms with van der Waals surface area (Å²) in [6, 6.07) is 2.97. The Labute approximate surface area is 102 Å². The third-order valence-corrected chi connectivity index (χ3v) is 2.98. The number of carboxylic acid groups (broad SMARTS) is 1. The van der Waals surface area contributed by atoms with Gasteiger partial charge in [-0.1, -0.05) is 0 Å². The van der Waals surface area contributed by atoms with Crippen molar-refractivity contribution >= 4 is 17.3 Å². The molecule has 2 aromatic heterocycles. The molecule has 2 aromatic rings. The van der Waals surface area contributed by atoms with Crippen LogP contribution in [0.2, 0.25) is 0 Å². The van der Waals surface area contributed by atoms with Crippen LogP contribution in [0.25, 0.3) is 10.7 Å². The maximum atomic E-state index is 10.8. The van der Waals surface area contributed by atoms with Crippen molar-refractivity contribution in [1.29, 1.82) is 0 Å². The van der Waals surface area contributed by atoms with E-state index in [9.17, 15) is 4.79 Å². The van der Waals surface area contributed by atoms with E-state index in [0.717, 1.165) is 5.69 Å². The van der Waals surface area contributed by atoms with Crippen LogP contribution in [-0.2, 0) is 11.3 Å². The van der Waals surface area contributed by atoms with E-state index in [4.69, 9.17) is 9.84 Å². The Morgan fingerprint density at radius 3 is 3.12 bits per heavy atom. The molecule has 0 aromatic carbocycles. The predicted octanol–water partition coefficient (Wildman–Crippen LogP) is 2.05. The Hall–Kier alpha value is -1.79. The number of pyridine rings is 1. The van der Waals surface area contributed by atoms with E-state index >= 15 is 0 Å². The molecule has 0 aliphatic carbocycles. The summed E-state index contributed by atoms with van der Waals surface area (Å²) in [5.41, 5.74) is 1.59. The number of thiazole rings is 1. The molecule has 0 fully saturated rings. The Morgan fingerprint density at radius 2 is 2.41 bits per heavy atom. The quantitative estimate of drug-likeness (QED) is 0.899. The Morgan fingerprint density at radius 1 is 1.59 bits per heavy atom. The summed E-state index contributed by atoms with van der Waals surface area (Å²) in [5, 5.41) is 11.4. The van der Waals surface area contributed by atoms with Crippen molar-refractivity contribution < 1.29 is 14.6 Å². The molecule has 0 atom stereocenters. The van der Waals surface area contributed by atoms with E-state index in [1.807, 2.05) is 5.38 Å². The van der Waals surface area contributed by atoms with Gasteiger partial charge in [0.05, 0.1) is 23.6 Å². The van der Waals surface area contributed by atoms with Gasteiger partial charge in [-0.25, -0.2) is 9.78 Å². The van der Waals surface area contributed by atoms with Crippen molar-refractivity contribution in [3.8, 4) is 10.7 Å². The second-order valence-electron chi connectivity index (χ2n) is 3.31. The van der Waals surface area contributed by atoms with Gasteiger partial charge >= 0.3 is 5.97 Å². The fourth-order valence-corrected chi connectivity index (χ4v) is 2.09. The monoisotopic (exact) mass is 250 g/mol. The Bertz CT molecular complexity index is 539. The van der Waals surface area contributed by atoms with Gasteiger partial charge in [-0.3, -0.25) is 4.98 Å². The molecule has 0 aliphatic heterocycles. The summed E-state index contributed by atoms with van der Waals surface area (Å²) in [5.74, 6) is -0.970. The van der Waals surface area contributed by atoms with Crippen molar-refractivity contribution in [2.24, 2.45) is 0 Å². The van der Waals surface area contributed by atoms with E-state index < -0.39 is 5.97 Å². The molecular formula is C11H10N2O3S. The maximum absolute atomic E-state index is 10.8. The predicted molar refractivity (Wildman–Crippen MR) is 63.0 cm³/mol. The lowest BCUT2D eigenvalue weighted by Gasteiger charge is -1.97. The normalized spacial score (nSPS) is 10.4. The Kier molecular flexibility index (Phi) is 3.46. The highest BCUT2D eigenvalue weighted by Gasteiger charge is 2.09. The van der Waals surface area contributed by atoms with Gasteiger partial charge in [0.1, 0.15) is 5.01 Å². The van der Waals surface area contributed by atoms with Gasteiger partial charge in [0.15, 0.2) is 0 Å². The fourth-order valence-electron chi connectivity index (χ4n) is 1.32. The lowest BCUT2D eigenvalue weighted by Crippen LogP contribution is -1.97. The number of rotatable bonds is 4. The van der Waals surface area contributed by atoms with Crippen molar-refractivity contribution in [2.75, 3.05) is 7.11 Å². The molecule has 0 saturated heterocycles. The number of hydrogen-bond donors (Lipinski definition) is 1. The minimum atomic E-state index is -0.970. The van der Waals surface area contributed by atoms with Crippen LogP contribution in [0.1, 0.15) is 16.1 Å². The van der Waals surface area contributed by atoms with E-state index in [-0.39, 0.29) is 5.56 Å². The lowest BCUT2D eigenvalue weighted by molar-refractivity contribution is 0.0697. The topological polar surface area (TPSA) is 72.3 Å². The summed E-state index contributed by atoms with van der Waals surface area (Å²) < 4.78 is 4.97. The SMILES string of the molecule is COCc1csc(-c2cc(C(=O)O)ccn2)n1. The van der Waals surface area contributed by atoms with Crippen LogP contribution in [0, 0.1) is 0 Å². The molecule has 0 bridgehead atoms. The molecule has 0 spiro atoms. The number of hydrogen-bond acceptors (Lipinski definition) is 5. The van der Waals surface area contributed by atoms with Crippen LogP contribution < -0.4 is 0 Å². The molecule has 2 rings (SSSR count). The molecule has 0 amide bonds. The third kappa shape index (κ3) is 2.66. The minimum absolute atomic E-state index is 0.207. The van der Waals surface area contributed by atoms with Gasteiger partial charge in [-0.05, 0) is 12.1 Å². The molecule has 17 heavy (non-hydrogen) atoms. The third-order valence-electron chi connectivity index (χ3n) is 2.07. The van der Waals surface area contributed by atoms with E-state index in [2.05, 4.69) is 9.97 Å². The zero-order valence-corrected chi connectivity index (χ0v) is 9.90. The first-order chi connectivity index (χ1) is 8.20. The number of aromatic nitrogens is 2. The van der Waals surface area contributed by atoms with E-state index in [1.54, 1.807) is 7.11 Å². The number of nitrogens with zero attached hydrogens (tertiary/aromatic N) is 2. The molecule has 0 saturated carbocycles. The zero-order chi connectivity index (χ0) is 12.3. The van der Waals surface area contributed by atoms with Crippen molar-refractivity contribution in [2.45, 2.75) is 6.61 Å². The Balaban J connectivity index is 2.32. The first-order valence-corrected chi connectivity index (χ1v) is 5.71. The van der Waals surface area contributed by atoms with Gasteiger partial charge in [0.2, 0.25) is 0 Å². The van der Waals surface area contributed by atoms with Crippen LogP contribution in [-0.4, -0.2) is 28.2 Å². The first kappa shape index (κ1) is 11.7. The second-order valence-corrected chi connectivity index (χ2v) is 4.17. The standard InChI is InChI=1S/C11H10N2O3S/c1-16-5-8-6-17-10(13-8)9-4-7(11(14)15)2-3-12-9/h2-4,6H,5H2,1H3,(H,14,15). The molecule has 2 heterocycles. The zero-order valence-electron chi connectivity index (χ0n) is 9.08. The van der Waals surface area contributed by atoms with E-state index in [0.29, 0.717) is 17.3 Å². The molecule has 1 N–H and O–H groups in total. The molecule has 0 aliphatic rings. The highest BCUT2D eigenvalue weighted by atomic mass is 32.1. The van der Waals surface area contributed by atoms with Crippen molar-refractivity contribution in [3.63, 3.8) is 0 Å². The van der Waals surface area contributed by atoms with E-state index in [1.165, 1.54) is 29.7 Å². The molecule has 88 valence electrons. The first-order valence-electron chi connectivity index (χ1n) is 4.84. The molecular weight excluding hydrogens is 240 g/mol. The molecule has 6 heteroatoms. The number of aromatic carboxylic acids is 1. The van der Waals surface area contributed by atoms with Crippen LogP contribution in [0.4, 0.5) is 0 Å². The highest BCUT2D eigenvalue weighted by Crippen LogP contribution is 2.22. The number of carboxylic acids is 1. The minimum Gasteiger partial charge on any atom is -0.478 e.